The van der Waals surface area contributed by atoms with Gasteiger partial charge in [-0.15, -0.1) is 0 Å². The first-order chi connectivity index (χ1) is 16.4. The number of carboxylic acids is 1. The molecule has 0 bridgehead atoms. The second-order valence-electron chi connectivity index (χ2n) is 8.43. The van der Waals surface area contributed by atoms with Crippen LogP contribution in [0, 0.1) is 0 Å². The fourth-order valence-corrected chi connectivity index (χ4v) is 4.50. The molecule has 34 heavy (non-hydrogen) atoms. The zero-order valence-electron chi connectivity index (χ0n) is 18.8. The van der Waals surface area contributed by atoms with Gasteiger partial charge >= 0.3 is 11.9 Å². The second-order valence-corrected chi connectivity index (χ2v) is 8.43. The van der Waals surface area contributed by atoms with Crippen molar-refractivity contribution < 1.29 is 29.0 Å². The van der Waals surface area contributed by atoms with Gasteiger partial charge in [0, 0.05) is 23.2 Å². The Morgan fingerprint density at radius 3 is 2.26 bits per heavy atom. The third-order valence-corrected chi connectivity index (χ3v) is 6.39. The van der Waals surface area contributed by atoms with Crippen LogP contribution in [-0.4, -0.2) is 53.0 Å². The molecule has 1 aliphatic heterocycles. The predicted octanol–water partition coefficient (Wildman–Crippen LogP) is 3.45. The van der Waals surface area contributed by atoms with Crippen molar-refractivity contribution in [2.45, 2.75) is 25.2 Å². The van der Waals surface area contributed by atoms with E-state index in [-0.39, 0.29) is 23.8 Å². The molecule has 2 aromatic carbocycles. The quantitative estimate of drug-likeness (QED) is 0.560. The number of fused-ring (bicyclic) bond motifs is 2. The summed E-state index contributed by atoms with van der Waals surface area (Å²) in [5.41, 5.74) is 2.06. The van der Waals surface area contributed by atoms with E-state index < -0.39 is 17.4 Å². The van der Waals surface area contributed by atoms with E-state index in [2.05, 4.69) is 5.10 Å². The van der Waals surface area contributed by atoms with E-state index in [1.807, 2.05) is 0 Å². The van der Waals surface area contributed by atoms with Gasteiger partial charge in [0.05, 0.1) is 25.0 Å². The van der Waals surface area contributed by atoms with Gasteiger partial charge in [0.2, 0.25) is 0 Å². The molecule has 1 fully saturated rings. The van der Waals surface area contributed by atoms with Crippen molar-refractivity contribution in [3.8, 4) is 11.4 Å². The van der Waals surface area contributed by atoms with E-state index in [1.165, 1.54) is 16.8 Å². The van der Waals surface area contributed by atoms with Crippen molar-refractivity contribution in [3.05, 3.63) is 71.0 Å². The summed E-state index contributed by atoms with van der Waals surface area (Å²) in [6, 6.07) is 13.3. The summed E-state index contributed by atoms with van der Waals surface area (Å²) in [6.07, 6.45) is 1.61. The van der Waals surface area contributed by atoms with Gasteiger partial charge in [0.25, 0.3) is 5.91 Å². The van der Waals surface area contributed by atoms with Crippen molar-refractivity contribution >= 4 is 23.5 Å². The van der Waals surface area contributed by atoms with Gasteiger partial charge < -0.3 is 19.5 Å². The molecule has 1 aliphatic carbocycles. The van der Waals surface area contributed by atoms with Crippen molar-refractivity contribution in [2.24, 2.45) is 0 Å². The number of aromatic carboxylic acids is 1. The van der Waals surface area contributed by atoms with Crippen LogP contribution in [0.4, 0.5) is 5.69 Å². The number of carbonyl (C=O) groups excluding carboxylic acids is 2. The van der Waals surface area contributed by atoms with E-state index in [1.54, 1.807) is 55.3 Å². The summed E-state index contributed by atoms with van der Waals surface area (Å²) in [6.45, 7) is 2.31. The van der Waals surface area contributed by atoms with Gasteiger partial charge in [-0.05, 0) is 68.3 Å². The summed E-state index contributed by atoms with van der Waals surface area (Å²) < 4.78 is 12.0. The molecule has 1 saturated carbocycles. The van der Waals surface area contributed by atoms with Crippen molar-refractivity contribution in [1.82, 2.24) is 9.78 Å². The van der Waals surface area contributed by atoms with E-state index in [0.717, 1.165) is 12.8 Å². The SMILES string of the molecule is CCOC(=O)c1nn(-c2ccc(OC)cc2)c2c1C1(CC1)CN(c1ccc(C(=O)O)cc1)C2=O. The number of hydrogen-bond donors (Lipinski definition) is 1. The van der Waals surface area contributed by atoms with E-state index in [0.29, 0.717) is 34.9 Å². The lowest BCUT2D eigenvalue weighted by Gasteiger charge is -2.33. The van der Waals surface area contributed by atoms with E-state index >= 15 is 0 Å². The second kappa shape index (κ2) is 8.02. The lowest BCUT2D eigenvalue weighted by Crippen LogP contribution is -2.44. The molecule has 9 nitrogen and oxygen atoms in total. The molecule has 2 heterocycles. The van der Waals surface area contributed by atoms with Crippen LogP contribution in [-0.2, 0) is 10.2 Å². The summed E-state index contributed by atoms with van der Waals surface area (Å²) in [5.74, 6) is -1.24. The Labute approximate surface area is 195 Å². The maximum absolute atomic E-state index is 13.8. The Morgan fingerprint density at radius 2 is 1.71 bits per heavy atom. The Kier molecular flexibility index (Phi) is 5.11. The van der Waals surface area contributed by atoms with Gasteiger partial charge in [0.1, 0.15) is 11.4 Å². The Hall–Kier alpha value is -4.14. The zero-order chi connectivity index (χ0) is 24.0. The summed E-state index contributed by atoms with van der Waals surface area (Å²) in [4.78, 5) is 39.6. The van der Waals surface area contributed by atoms with Crippen LogP contribution in [0.25, 0.3) is 5.69 Å². The number of ether oxygens (including phenoxy) is 2. The van der Waals surface area contributed by atoms with Gasteiger partial charge in [-0.3, -0.25) is 4.79 Å². The summed E-state index contributed by atoms with van der Waals surface area (Å²) in [5, 5.41) is 13.8. The van der Waals surface area contributed by atoms with Gasteiger partial charge in [-0.25, -0.2) is 14.3 Å². The molecule has 174 valence electrons. The smallest absolute Gasteiger partial charge is 0.359 e. The molecule has 0 radical (unpaired) electrons. The minimum absolute atomic E-state index is 0.142. The van der Waals surface area contributed by atoms with Crippen LogP contribution in [0.1, 0.15) is 56.7 Å². The van der Waals surface area contributed by atoms with Crippen LogP contribution < -0.4 is 9.64 Å². The largest absolute Gasteiger partial charge is 0.497 e. The zero-order valence-corrected chi connectivity index (χ0v) is 18.8. The maximum atomic E-state index is 13.8. The number of carbonyl (C=O) groups is 3. The van der Waals surface area contributed by atoms with Crippen LogP contribution in [0.5, 0.6) is 5.75 Å². The standard InChI is InChI=1S/C25H23N3O6/c1-3-34-24(32)20-19-21(28(26-20)17-8-10-18(33-2)11-9-17)22(29)27(14-25(19)12-13-25)16-6-4-15(5-7-16)23(30)31/h4-11H,3,12-14H2,1-2H3,(H,30,31). The summed E-state index contributed by atoms with van der Waals surface area (Å²) in [7, 11) is 1.57. The molecule has 0 unspecified atom stereocenters. The maximum Gasteiger partial charge on any atom is 0.359 e. The Morgan fingerprint density at radius 1 is 1.06 bits per heavy atom. The molecule has 1 spiro atoms. The topological polar surface area (TPSA) is 111 Å². The number of esters is 1. The van der Waals surface area contributed by atoms with Gasteiger partial charge in [-0.2, -0.15) is 5.10 Å². The fourth-order valence-electron chi connectivity index (χ4n) is 4.50. The number of carboxylic acid groups (broad SMARTS) is 1. The number of aromatic nitrogens is 2. The van der Waals surface area contributed by atoms with Gasteiger partial charge in [-0.1, -0.05) is 0 Å². The number of hydrogen-bond acceptors (Lipinski definition) is 6. The lowest BCUT2D eigenvalue weighted by atomic mass is 9.88. The highest BCUT2D eigenvalue weighted by molar-refractivity contribution is 6.10. The van der Waals surface area contributed by atoms with Crippen molar-refractivity contribution in [1.29, 1.82) is 0 Å². The molecule has 2 aliphatic rings. The predicted molar refractivity (Wildman–Crippen MR) is 122 cm³/mol. The number of amides is 1. The molecule has 9 heteroatoms. The van der Waals surface area contributed by atoms with Crippen LogP contribution in [0.15, 0.2) is 48.5 Å². The summed E-state index contributed by atoms with van der Waals surface area (Å²) >= 11 is 0. The van der Waals surface area contributed by atoms with Gasteiger partial charge in [0.15, 0.2) is 5.69 Å². The molecule has 1 amide bonds. The normalized spacial score (nSPS) is 15.7. The molecular formula is C25H23N3O6. The monoisotopic (exact) mass is 461 g/mol. The van der Waals surface area contributed by atoms with Crippen molar-refractivity contribution in [3.63, 3.8) is 0 Å². The fraction of sp³-hybridized carbons (Fsp3) is 0.280. The van der Waals surface area contributed by atoms with Crippen LogP contribution in [0.3, 0.4) is 0 Å². The number of rotatable bonds is 6. The highest BCUT2D eigenvalue weighted by Crippen LogP contribution is 2.54. The molecule has 1 N–H and O–H groups in total. The average molecular weight is 461 g/mol. The minimum atomic E-state index is -1.03. The van der Waals surface area contributed by atoms with Crippen LogP contribution in [0.2, 0.25) is 0 Å². The lowest BCUT2D eigenvalue weighted by molar-refractivity contribution is 0.0516. The molecule has 1 aromatic heterocycles. The minimum Gasteiger partial charge on any atom is -0.497 e. The number of anilines is 1. The Balaban J connectivity index is 1.66. The molecule has 0 saturated heterocycles. The third kappa shape index (κ3) is 3.40. The number of nitrogens with zero attached hydrogens (tertiary/aromatic N) is 3. The third-order valence-electron chi connectivity index (χ3n) is 6.39. The molecular weight excluding hydrogens is 438 g/mol. The first-order valence-corrected chi connectivity index (χ1v) is 11.0. The highest BCUT2D eigenvalue weighted by atomic mass is 16.5. The first-order valence-electron chi connectivity index (χ1n) is 11.0. The van der Waals surface area contributed by atoms with E-state index in [9.17, 15) is 19.5 Å². The molecule has 5 rings (SSSR count). The first kappa shape index (κ1) is 21.7. The number of benzene rings is 2. The number of methoxy groups -OCH3 is 1. The highest BCUT2D eigenvalue weighted by Gasteiger charge is 2.56. The van der Waals surface area contributed by atoms with Crippen molar-refractivity contribution in [2.75, 3.05) is 25.2 Å². The molecule has 3 aromatic rings. The Bertz CT molecular complexity index is 1290. The average Bonchev–Trinajstić information content (AvgIpc) is 3.50. The molecule has 0 atom stereocenters. The van der Waals surface area contributed by atoms with Crippen LogP contribution >= 0.6 is 0 Å². The van der Waals surface area contributed by atoms with E-state index in [4.69, 9.17) is 9.47 Å².